The predicted molar refractivity (Wildman–Crippen MR) is 60.6 cm³/mol. The lowest BCUT2D eigenvalue weighted by atomic mass is 10.1. The second-order valence-corrected chi connectivity index (χ2v) is 3.77. The van der Waals surface area contributed by atoms with Crippen LogP contribution in [0, 0.1) is 11.6 Å². The topological polar surface area (TPSA) is 15.3 Å². The summed E-state index contributed by atoms with van der Waals surface area (Å²) in [5, 5.41) is 3.19. The average Bonchev–Trinajstić information content (AvgIpc) is 2.33. The molecule has 1 aromatic rings. The van der Waals surface area contributed by atoms with Gasteiger partial charge in [-0.15, -0.1) is 6.58 Å². The zero-order chi connectivity index (χ0) is 11.5. The van der Waals surface area contributed by atoms with Crippen molar-refractivity contribution in [2.75, 3.05) is 24.5 Å². The maximum absolute atomic E-state index is 13.6. The van der Waals surface area contributed by atoms with Gasteiger partial charge in [0.1, 0.15) is 0 Å². The molecular weight excluding hydrogens is 210 g/mol. The maximum atomic E-state index is 13.6. The summed E-state index contributed by atoms with van der Waals surface area (Å²) in [7, 11) is 0. The van der Waals surface area contributed by atoms with E-state index in [9.17, 15) is 8.78 Å². The molecule has 1 fully saturated rings. The van der Waals surface area contributed by atoms with E-state index in [0.717, 1.165) is 12.6 Å². The Morgan fingerprint density at radius 1 is 1.44 bits per heavy atom. The van der Waals surface area contributed by atoms with Crippen molar-refractivity contribution in [1.82, 2.24) is 5.32 Å². The van der Waals surface area contributed by atoms with Crippen molar-refractivity contribution in [3.63, 3.8) is 0 Å². The first-order valence-electron chi connectivity index (χ1n) is 5.28. The Labute approximate surface area is 93.6 Å². The van der Waals surface area contributed by atoms with E-state index in [0.29, 0.717) is 18.8 Å². The lowest BCUT2D eigenvalue weighted by Gasteiger charge is -2.36. The normalized spacial score (nSPS) is 20.9. The highest BCUT2D eigenvalue weighted by atomic mass is 19.2. The Morgan fingerprint density at radius 2 is 2.25 bits per heavy atom. The molecule has 2 nitrogen and oxygen atoms in total. The van der Waals surface area contributed by atoms with Gasteiger partial charge in [0.25, 0.3) is 0 Å². The van der Waals surface area contributed by atoms with Gasteiger partial charge in [-0.05, 0) is 12.1 Å². The quantitative estimate of drug-likeness (QED) is 0.772. The number of nitrogens with zero attached hydrogens (tertiary/aromatic N) is 1. The molecule has 86 valence electrons. The number of nitrogens with one attached hydrogen (secondary N) is 1. The van der Waals surface area contributed by atoms with Gasteiger partial charge in [-0.1, -0.05) is 12.1 Å². The van der Waals surface area contributed by atoms with Crippen molar-refractivity contribution in [3.8, 4) is 0 Å². The van der Waals surface area contributed by atoms with Crippen LogP contribution in [-0.4, -0.2) is 25.7 Å². The van der Waals surface area contributed by atoms with Crippen LogP contribution in [0.4, 0.5) is 14.5 Å². The number of anilines is 1. The van der Waals surface area contributed by atoms with E-state index in [1.807, 2.05) is 4.90 Å². The molecular formula is C12H14F2N2. The number of hydrogen-bond donors (Lipinski definition) is 1. The lowest BCUT2D eigenvalue weighted by Crippen LogP contribution is -2.50. The zero-order valence-corrected chi connectivity index (χ0v) is 8.92. The van der Waals surface area contributed by atoms with E-state index in [2.05, 4.69) is 11.9 Å². The average molecular weight is 224 g/mol. The van der Waals surface area contributed by atoms with Gasteiger partial charge in [-0.25, -0.2) is 8.78 Å². The molecule has 1 heterocycles. The number of piperazine rings is 1. The molecule has 0 amide bonds. The van der Waals surface area contributed by atoms with Crippen LogP contribution in [0.1, 0.15) is 0 Å². The minimum atomic E-state index is -0.807. The Balaban J connectivity index is 2.34. The Kier molecular flexibility index (Phi) is 3.19. The van der Waals surface area contributed by atoms with Crippen molar-refractivity contribution >= 4 is 5.69 Å². The molecule has 1 aliphatic heterocycles. The van der Waals surface area contributed by atoms with Crippen LogP contribution in [-0.2, 0) is 0 Å². The van der Waals surface area contributed by atoms with Crippen molar-refractivity contribution in [3.05, 3.63) is 42.5 Å². The van der Waals surface area contributed by atoms with Crippen LogP contribution in [0.5, 0.6) is 0 Å². The van der Waals surface area contributed by atoms with Gasteiger partial charge in [-0.3, -0.25) is 0 Å². The first kappa shape index (κ1) is 11.1. The monoisotopic (exact) mass is 224 g/mol. The third kappa shape index (κ3) is 1.93. The molecule has 0 aromatic heterocycles. The van der Waals surface area contributed by atoms with E-state index in [1.54, 1.807) is 12.1 Å². The first-order chi connectivity index (χ1) is 7.74. The van der Waals surface area contributed by atoms with Crippen LogP contribution in [0.3, 0.4) is 0 Å². The third-order valence-corrected chi connectivity index (χ3v) is 2.80. The van der Waals surface area contributed by atoms with Crippen molar-refractivity contribution in [2.45, 2.75) is 6.04 Å². The van der Waals surface area contributed by atoms with E-state index in [-0.39, 0.29) is 6.04 Å². The molecule has 4 heteroatoms. The van der Waals surface area contributed by atoms with Crippen LogP contribution >= 0.6 is 0 Å². The lowest BCUT2D eigenvalue weighted by molar-refractivity contribution is 0.485. The van der Waals surface area contributed by atoms with Crippen LogP contribution in [0.2, 0.25) is 0 Å². The Bertz CT molecular complexity index is 393. The van der Waals surface area contributed by atoms with Gasteiger partial charge in [0.15, 0.2) is 11.6 Å². The summed E-state index contributed by atoms with van der Waals surface area (Å²) in [6.07, 6.45) is 1.75. The molecule has 1 aliphatic rings. The highest BCUT2D eigenvalue weighted by Gasteiger charge is 2.23. The largest absolute Gasteiger partial charge is 0.360 e. The molecule has 2 rings (SSSR count). The summed E-state index contributed by atoms with van der Waals surface area (Å²) < 4.78 is 26.7. The van der Waals surface area contributed by atoms with Gasteiger partial charge in [0.2, 0.25) is 0 Å². The molecule has 1 aromatic carbocycles. The number of rotatable bonds is 2. The van der Waals surface area contributed by atoms with E-state index >= 15 is 0 Å². The summed E-state index contributed by atoms with van der Waals surface area (Å²) in [6.45, 7) is 5.84. The molecule has 0 unspecified atom stereocenters. The second kappa shape index (κ2) is 4.61. The molecule has 0 spiro atoms. The SMILES string of the molecule is C=C[C@H]1CNCCN1c1cccc(F)c1F. The molecule has 1 atom stereocenters. The van der Waals surface area contributed by atoms with E-state index in [4.69, 9.17) is 0 Å². The minimum absolute atomic E-state index is 0.00468. The predicted octanol–water partition coefficient (Wildman–Crippen LogP) is 1.93. The van der Waals surface area contributed by atoms with Crippen LogP contribution < -0.4 is 10.2 Å². The number of hydrogen-bond acceptors (Lipinski definition) is 2. The van der Waals surface area contributed by atoms with Crippen LogP contribution in [0.15, 0.2) is 30.9 Å². The maximum Gasteiger partial charge on any atom is 0.182 e. The first-order valence-corrected chi connectivity index (χ1v) is 5.28. The molecule has 0 bridgehead atoms. The Morgan fingerprint density at radius 3 is 3.00 bits per heavy atom. The summed E-state index contributed by atoms with van der Waals surface area (Å²) >= 11 is 0. The number of halogens is 2. The summed E-state index contributed by atoms with van der Waals surface area (Å²) in [5.74, 6) is -1.59. The van der Waals surface area contributed by atoms with E-state index < -0.39 is 11.6 Å². The van der Waals surface area contributed by atoms with Crippen molar-refractivity contribution in [1.29, 1.82) is 0 Å². The minimum Gasteiger partial charge on any atom is -0.360 e. The van der Waals surface area contributed by atoms with Gasteiger partial charge < -0.3 is 10.2 Å². The third-order valence-electron chi connectivity index (χ3n) is 2.80. The van der Waals surface area contributed by atoms with Gasteiger partial charge in [0.05, 0.1) is 11.7 Å². The zero-order valence-electron chi connectivity index (χ0n) is 8.92. The molecule has 0 radical (unpaired) electrons. The molecule has 0 aliphatic carbocycles. The molecule has 1 N–H and O–H groups in total. The standard InChI is InChI=1S/C12H14F2N2/c1-2-9-8-15-6-7-16(9)11-5-3-4-10(13)12(11)14/h2-5,9,15H,1,6-8H2/t9-/m0/s1. The second-order valence-electron chi connectivity index (χ2n) is 3.77. The molecule has 0 saturated carbocycles. The van der Waals surface area contributed by atoms with Crippen LogP contribution in [0.25, 0.3) is 0 Å². The fraction of sp³-hybridized carbons (Fsp3) is 0.333. The van der Waals surface area contributed by atoms with Gasteiger partial charge >= 0.3 is 0 Å². The smallest absolute Gasteiger partial charge is 0.182 e. The Hall–Kier alpha value is -1.42. The summed E-state index contributed by atoms with van der Waals surface area (Å²) in [4.78, 5) is 1.84. The van der Waals surface area contributed by atoms with E-state index in [1.165, 1.54) is 6.07 Å². The highest BCUT2D eigenvalue weighted by molar-refractivity contribution is 5.50. The van der Waals surface area contributed by atoms with Crippen molar-refractivity contribution in [2.24, 2.45) is 0 Å². The molecule has 16 heavy (non-hydrogen) atoms. The van der Waals surface area contributed by atoms with Gasteiger partial charge in [0, 0.05) is 19.6 Å². The van der Waals surface area contributed by atoms with Crippen molar-refractivity contribution < 1.29 is 8.78 Å². The fourth-order valence-corrected chi connectivity index (χ4v) is 1.95. The fourth-order valence-electron chi connectivity index (χ4n) is 1.95. The summed E-state index contributed by atoms with van der Waals surface area (Å²) in [6, 6.07) is 4.25. The van der Waals surface area contributed by atoms with Gasteiger partial charge in [-0.2, -0.15) is 0 Å². The highest BCUT2D eigenvalue weighted by Crippen LogP contribution is 2.24. The summed E-state index contributed by atoms with van der Waals surface area (Å²) in [5.41, 5.74) is 0.311. The molecule has 1 saturated heterocycles. The number of benzene rings is 1.